The second-order valence-corrected chi connectivity index (χ2v) is 13.0. The molecule has 142 valence electrons. The van der Waals surface area contributed by atoms with Gasteiger partial charge in [0.05, 0.1) is 15.2 Å². The average molecular weight is 385 g/mol. The van der Waals surface area contributed by atoms with E-state index < -0.39 is 8.07 Å². The highest BCUT2D eigenvalue weighted by Gasteiger charge is 2.41. The number of benzene rings is 3. The molecule has 0 bridgehead atoms. The second-order valence-electron chi connectivity index (χ2n) is 8.43. The fraction of sp³-hybridized carbons (Fsp3) is 0.231. The molecule has 1 nitrogen and oxygen atoms in total. The fourth-order valence-corrected chi connectivity index (χ4v) is 8.89. The zero-order chi connectivity index (χ0) is 19.9. The van der Waals surface area contributed by atoms with Crippen molar-refractivity contribution in [2.24, 2.45) is 0 Å². The van der Waals surface area contributed by atoms with Crippen LogP contribution in [0.3, 0.4) is 0 Å². The van der Waals surface area contributed by atoms with Crippen molar-refractivity contribution in [3.63, 3.8) is 0 Å². The van der Waals surface area contributed by atoms with Gasteiger partial charge in [0.1, 0.15) is 5.75 Å². The quantitative estimate of drug-likeness (QED) is 0.478. The fourth-order valence-electron chi connectivity index (χ4n) is 4.90. The van der Waals surface area contributed by atoms with E-state index in [1.165, 1.54) is 38.6 Å². The molecule has 1 atom stereocenters. The van der Waals surface area contributed by atoms with Crippen molar-refractivity contribution >= 4 is 19.3 Å². The van der Waals surface area contributed by atoms with E-state index in [4.69, 9.17) is 4.74 Å². The van der Waals surface area contributed by atoms with Crippen LogP contribution >= 0.6 is 0 Å². The summed E-state index contributed by atoms with van der Waals surface area (Å²) in [5.74, 6) is 1.05. The van der Waals surface area contributed by atoms with Gasteiger partial charge >= 0.3 is 0 Å². The average Bonchev–Trinajstić information content (AvgIpc) is 3.04. The molecule has 1 unspecified atom stereocenters. The van der Waals surface area contributed by atoms with Crippen molar-refractivity contribution in [3.8, 4) is 16.9 Å². The molecule has 0 radical (unpaired) electrons. The van der Waals surface area contributed by atoms with Gasteiger partial charge in [-0.1, -0.05) is 91.0 Å². The van der Waals surface area contributed by atoms with Gasteiger partial charge < -0.3 is 4.74 Å². The monoisotopic (exact) mass is 384 g/mol. The van der Waals surface area contributed by atoms with E-state index in [2.05, 4.69) is 99.7 Å². The standard InChI is InChI=1S/C26H28OSi/c1-18-15-23(20-11-7-6-8-12-20)25(27-3)24(16-18)28(4,5)26-19(2)17-21-13-9-10-14-22(21)26/h6-17,26H,1-5H3. The first-order valence-corrected chi connectivity index (χ1v) is 13.0. The summed E-state index contributed by atoms with van der Waals surface area (Å²) in [5, 5.41) is 1.41. The predicted octanol–water partition coefficient (Wildman–Crippen LogP) is 6.33. The number of fused-ring (bicyclic) bond motifs is 1. The number of allylic oxidation sites excluding steroid dienone is 1. The Bertz CT molecular complexity index is 1050. The highest BCUT2D eigenvalue weighted by atomic mass is 28.3. The van der Waals surface area contributed by atoms with Gasteiger partial charge in [0.15, 0.2) is 0 Å². The summed E-state index contributed by atoms with van der Waals surface area (Å²) in [5.41, 5.74) is 8.51. The molecule has 0 fully saturated rings. The lowest BCUT2D eigenvalue weighted by Gasteiger charge is -2.34. The Labute approximate surface area is 169 Å². The maximum atomic E-state index is 6.07. The maximum Gasteiger partial charge on any atom is 0.125 e. The lowest BCUT2D eigenvalue weighted by molar-refractivity contribution is 0.419. The van der Waals surface area contributed by atoms with Crippen molar-refractivity contribution in [2.45, 2.75) is 32.5 Å². The number of ether oxygens (including phenoxy) is 1. The Morgan fingerprint density at radius 2 is 1.54 bits per heavy atom. The summed E-state index contributed by atoms with van der Waals surface area (Å²) in [6.45, 7) is 9.47. The van der Waals surface area contributed by atoms with E-state index in [1.807, 2.05) is 7.11 Å². The van der Waals surface area contributed by atoms with E-state index >= 15 is 0 Å². The molecule has 4 rings (SSSR count). The number of hydrogen-bond acceptors (Lipinski definition) is 1. The molecule has 0 heterocycles. The van der Waals surface area contributed by atoms with Gasteiger partial charge in [-0.3, -0.25) is 0 Å². The third-order valence-electron chi connectivity index (χ3n) is 6.08. The minimum absolute atomic E-state index is 0.475. The van der Waals surface area contributed by atoms with Gasteiger partial charge in [0, 0.05) is 11.1 Å². The number of aryl methyl sites for hydroxylation is 1. The van der Waals surface area contributed by atoms with Crippen LogP contribution < -0.4 is 9.92 Å². The Morgan fingerprint density at radius 1 is 0.857 bits per heavy atom. The predicted molar refractivity (Wildman–Crippen MR) is 123 cm³/mol. The van der Waals surface area contributed by atoms with Crippen LogP contribution in [0, 0.1) is 6.92 Å². The Kier molecular flexibility index (Phi) is 4.76. The highest BCUT2D eigenvalue weighted by Crippen LogP contribution is 2.43. The van der Waals surface area contributed by atoms with Crippen LogP contribution in [-0.2, 0) is 0 Å². The van der Waals surface area contributed by atoms with Crippen LogP contribution in [0.5, 0.6) is 5.75 Å². The third-order valence-corrected chi connectivity index (χ3v) is 10.1. The molecular weight excluding hydrogens is 356 g/mol. The van der Waals surface area contributed by atoms with Crippen molar-refractivity contribution in [1.82, 2.24) is 0 Å². The molecule has 3 aromatic rings. The largest absolute Gasteiger partial charge is 0.496 e. The van der Waals surface area contributed by atoms with E-state index in [0.29, 0.717) is 5.54 Å². The van der Waals surface area contributed by atoms with Crippen LogP contribution in [0.2, 0.25) is 13.1 Å². The van der Waals surface area contributed by atoms with Crippen molar-refractivity contribution in [3.05, 3.63) is 89.0 Å². The van der Waals surface area contributed by atoms with E-state index in [0.717, 1.165) is 5.75 Å². The van der Waals surface area contributed by atoms with E-state index in [-0.39, 0.29) is 0 Å². The minimum atomic E-state index is -1.92. The van der Waals surface area contributed by atoms with Gasteiger partial charge in [0.2, 0.25) is 0 Å². The summed E-state index contributed by atoms with van der Waals surface area (Å²) >= 11 is 0. The lowest BCUT2D eigenvalue weighted by atomic mass is 10.0. The van der Waals surface area contributed by atoms with Crippen molar-refractivity contribution < 1.29 is 4.74 Å². The molecule has 1 aliphatic carbocycles. The van der Waals surface area contributed by atoms with Crippen LogP contribution in [-0.4, -0.2) is 15.2 Å². The molecule has 0 aliphatic heterocycles. The molecule has 0 saturated carbocycles. The Morgan fingerprint density at radius 3 is 2.25 bits per heavy atom. The van der Waals surface area contributed by atoms with Crippen LogP contribution in [0.1, 0.15) is 29.2 Å². The van der Waals surface area contributed by atoms with Crippen LogP contribution in [0.25, 0.3) is 17.2 Å². The van der Waals surface area contributed by atoms with Gasteiger partial charge in [-0.25, -0.2) is 0 Å². The van der Waals surface area contributed by atoms with Gasteiger partial charge in [-0.2, -0.15) is 0 Å². The summed E-state index contributed by atoms with van der Waals surface area (Å²) in [6, 6.07) is 24.1. The first-order chi connectivity index (χ1) is 13.4. The number of methoxy groups -OCH3 is 1. The molecule has 3 aromatic carbocycles. The van der Waals surface area contributed by atoms with Gasteiger partial charge in [-0.05, 0) is 41.8 Å². The SMILES string of the molecule is COc1c(-c2ccccc2)cc(C)cc1[Si](C)(C)C1C(C)=Cc2ccccc21. The summed E-state index contributed by atoms with van der Waals surface area (Å²) in [7, 11) is -0.0993. The summed E-state index contributed by atoms with van der Waals surface area (Å²) in [6.07, 6.45) is 2.37. The van der Waals surface area contributed by atoms with Crippen molar-refractivity contribution in [1.29, 1.82) is 0 Å². The van der Waals surface area contributed by atoms with E-state index in [1.54, 1.807) is 0 Å². The van der Waals surface area contributed by atoms with Gasteiger partial charge in [0.25, 0.3) is 0 Å². The molecule has 2 heteroatoms. The molecule has 0 aromatic heterocycles. The summed E-state index contributed by atoms with van der Waals surface area (Å²) in [4.78, 5) is 0. The Balaban J connectivity index is 1.92. The van der Waals surface area contributed by atoms with Crippen molar-refractivity contribution in [2.75, 3.05) is 7.11 Å². The first-order valence-electron chi connectivity index (χ1n) is 9.95. The molecular formula is C26H28OSi. The zero-order valence-corrected chi connectivity index (χ0v) is 18.4. The topological polar surface area (TPSA) is 9.23 Å². The molecule has 0 spiro atoms. The molecule has 0 amide bonds. The summed E-state index contributed by atoms with van der Waals surface area (Å²) < 4.78 is 6.07. The maximum absolute atomic E-state index is 6.07. The number of hydrogen-bond donors (Lipinski definition) is 0. The van der Waals surface area contributed by atoms with Crippen LogP contribution in [0.4, 0.5) is 0 Å². The molecule has 0 saturated heterocycles. The molecule has 1 aliphatic rings. The lowest BCUT2D eigenvalue weighted by Crippen LogP contribution is -2.48. The van der Waals surface area contributed by atoms with Crippen LogP contribution in [0.15, 0.2) is 72.3 Å². The molecule has 0 N–H and O–H groups in total. The van der Waals surface area contributed by atoms with Gasteiger partial charge in [-0.15, -0.1) is 0 Å². The minimum Gasteiger partial charge on any atom is -0.496 e. The Hall–Kier alpha value is -2.58. The number of rotatable bonds is 4. The normalized spacial score (nSPS) is 15.9. The molecule has 28 heavy (non-hydrogen) atoms. The second kappa shape index (κ2) is 7.10. The zero-order valence-electron chi connectivity index (χ0n) is 17.4. The highest BCUT2D eigenvalue weighted by molar-refractivity contribution is 6.92. The smallest absolute Gasteiger partial charge is 0.125 e. The third kappa shape index (κ3) is 3.02. The van der Waals surface area contributed by atoms with E-state index in [9.17, 15) is 0 Å². The first kappa shape index (κ1) is 18.8.